The summed E-state index contributed by atoms with van der Waals surface area (Å²) in [6.45, 7) is 6.16. The Morgan fingerprint density at radius 2 is 2.00 bits per heavy atom. The quantitative estimate of drug-likeness (QED) is 0.279. The molecule has 10 heteroatoms. The number of carbonyl (C=O) groups is 4. The molecule has 0 heterocycles. The number of hydrogen-bond donors (Lipinski definition) is 4. The largest absolute Gasteiger partial charge is 0.445 e. The summed E-state index contributed by atoms with van der Waals surface area (Å²) >= 11 is 0. The van der Waals surface area contributed by atoms with Crippen LogP contribution in [0, 0.1) is 11.8 Å². The SMILES string of the molecule is CC1CC(NC(=O)[C@@H](N)CCCNC(N)=O)=CC=C1COC(=O)N(C)C(C=O)C(C)C. The molecule has 1 rings (SSSR count). The highest BCUT2D eigenvalue weighted by molar-refractivity contribution is 5.83. The summed E-state index contributed by atoms with van der Waals surface area (Å²) in [5.74, 6) is -0.250. The van der Waals surface area contributed by atoms with E-state index < -0.39 is 24.2 Å². The Morgan fingerprint density at radius 3 is 2.55 bits per heavy atom. The Morgan fingerprint density at radius 1 is 1.32 bits per heavy atom. The molecule has 2 unspecified atom stereocenters. The van der Waals surface area contributed by atoms with Crippen molar-refractivity contribution in [3.8, 4) is 0 Å². The lowest BCUT2D eigenvalue weighted by Gasteiger charge is -2.27. The number of amides is 4. The second kappa shape index (κ2) is 12.7. The molecule has 0 aromatic heterocycles. The Balaban J connectivity index is 2.54. The van der Waals surface area contributed by atoms with Crippen LogP contribution in [0.4, 0.5) is 9.59 Å². The van der Waals surface area contributed by atoms with Gasteiger partial charge in [0.25, 0.3) is 0 Å². The first kappa shape index (κ1) is 26.2. The first-order valence-corrected chi connectivity index (χ1v) is 10.4. The molecule has 0 aromatic carbocycles. The lowest BCUT2D eigenvalue weighted by atomic mass is 9.91. The molecule has 1 aliphatic carbocycles. The number of nitrogens with two attached hydrogens (primary N) is 2. The number of allylic oxidation sites excluding steroid dienone is 3. The maximum atomic E-state index is 12.3. The van der Waals surface area contributed by atoms with Crippen molar-refractivity contribution < 1.29 is 23.9 Å². The zero-order chi connectivity index (χ0) is 23.6. The number of primary amides is 1. The first-order chi connectivity index (χ1) is 14.6. The summed E-state index contributed by atoms with van der Waals surface area (Å²) in [6.07, 6.45) is 5.30. The molecule has 10 nitrogen and oxygen atoms in total. The van der Waals surface area contributed by atoms with Gasteiger partial charge in [-0.05, 0) is 42.7 Å². The Bertz CT molecular complexity index is 719. The number of hydrogen-bond acceptors (Lipinski definition) is 6. The molecular weight excluding hydrogens is 402 g/mol. The van der Waals surface area contributed by atoms with Crippen LogP contribution in [-0.2, 0) is 14.3 Å². The zero-order valence-corrected chi connectivity index (χ0v) is 18.7. The fraction of sp³-hybridized carbons (Fsp3) is 0.619. The average Bonchev–Trinajstić information content (AvgIpc) is 2.70. The number of carbonyl (C=O) groups excluding carboxylic acids is 4. The number of nitrogens with one attached hydrogen (secondary N) is 2. The lowest BCUT2D eigenvalue weighted by Crippen LogP contribution is -2.42. The summed E-state index contributed by atoms with van der Waals surface area (Å²) in [5, 5.41) is 5.27. The number of rotatable bonds is 11. The van der Waals surface area contributed by atoms with Gasteiger partial charge in [0.05, 0.1) is 12.1 Å². The van der Waals surface area contributed by atoms with Crippen molar-refractivity contribution in [2.75, 3.05) is 20.2 Å². The predicted octanol–water partition coefficient (Wildman–Crippen LogP) is 1.02. The van der Waals surface area contributed by atoms with E-state index >= 15 is 0 Å². The van der Waals surface area contributed by atoms with E-state index in [9.17, 15) is 19.2 Å². The molecule has 31 heavy (non-hydrogen) atoms. The van der Waals surface area contributed by atoms with Gasteiger partial charge < -0.3 is 36.5 Å². The van der Waals surface area contributed by atoms with E-state index in [2.05, 4.69) is 10.6 Å². The molecule has 0 aromatic rings. The molecule has 6 N–H and O–H groups in total. The van der Waals surface area contributed by atoms with Gasteiger partial charge in [-0.1, -0.05) is 26.8 Å². The van der Waals surface area contributed by atoms with Crippen molar-refractivity contribution >= 4 is 24.3 Å². The minimum absolute atomic E-state index is 0.0113. The molecule has 0 bridgehead atoms. The van der Waals surface area contributed by atoms with Crippen LogP contribution in [0.3, 0.4) is 0 Å². The van der Waals surface area contributed by atoms with Crippen LogP contribution in [0.1, 0.15) is 40.0 Å². The van der Waals surface area contributed by atoms with E-state index in [0.29, 0.717) is 25.8 Å². The molecule has 4 amide bonds. The molecule has 1 aliphatic rings. The standard InChI is InChI=1S/C21H35N5O5/c1-13(2)18(11-27)26(4)21(30)31-12-15-7-8-16(10-14(15)3)25-19(28)17(22)6-5-9-24-20(23)29/h7-8,11,13-14,17-18H,5-6,9-10,12,22H2,1-4H3,(H,25,28)(H3,23,24,29)/t14?,17-,18?/m0/s1. The normalized spacial score (nSPS) is 17.7. The number of nitrogens with zero attached hydrogens (tertiary/aromatic N) is 1. The maximum absolute atomic E-state index is 12.3. The van der Waals surface area contributed by atoms with Crippen LogP contribution in [-0.4, -0.2) is 61.5 Å². The zero-order valence-electron chi connectivity index (χ0n) is 18.7. The number of urea groups is 1. The van der Waals surface area contributed by atoms with Crippen LogP contribution in [0.25, 0.3) is 0 Å². The smallest absolute Gasteiger partial charge is 0.410 e. The average molecular weight is 438 g/mol. The first-order valence-electron chi connectivity index (χ1n) is 10.4. The fourth-order valence-corrected chi connectivity index (χ4v) is 3.16. The Labute approximate surface area is 183 Å². The number of ether oxygens (including phenoxy) is 1. The third-order valence-electron chi connectivity index (χ3n) is 5.19. The van der Waals surface area contributed by atoms with E-state index in [1.165, 1.54) is 4.90 Å². The molecule has 0 saturated carbocycles. The number of aldehydes is 1. The highest BCUT2D eigenvalue weighted by Crippen LogP contribution is 2.24. The molecule has 174 valence electrons. The van der Waals surface area contributed by atoms with Gasteiger partial charge in [0, 0.05) is 19.3 Å². The van der Waals surface area contributed by atoms with Crippen molar-refractivity contribution in [3.63, 3.8) is 0 Å². The molecular formula is C21H35N5O5. The van der Waals surface area contributed by atoms with Crippen molar-refractivity contribution in [1.29, 1.82) is 0 Å². The van der Waals surface area contributed by atoms with Crippen molar-refractivity contribution in [2.45, 2.75) is 52.1 Å². The maximum Gasteiger partial charge on any atom is 0.410 e. The predicted molar refractivity (Wildman–Crippen MR) is 117 cm³/mol. The Kier molecular flexibility index (Phi) is 10.7. The minimum Gasteiger partial charge on any atom is -0.445 e. The van der Waals surface area contributed by atoms with E-state index in [1.54, 1.807) is 13.1 Å². The summed E-state index contributed by atoms with van der Waals surface area (Å²) in [5.41, 5.74) is 12.5. The van der Waals surface area contributed by atoms with Gasteiger partial charge in [-0.2, -0.15) is 0 Å². The summed E-state index contributed by atoms with van der Waals surface area (Å²) in [7, 11) is 1.54. The second-order valence-corrected chi connectivity index (χ2v) is 8.10. The van der Waals surface area contributed by atoms with Gasteiger partial charge in [0.1, 0.15) is 12.9 Å². The minimum atomic E-state index is -0.695. The van der Waals surface area contributed by atoms with Crippen LogP contribution >= 0.6 is 0 Å². The van der Waals surface area contributed by atoms with E-state index in [0.717, 1.165) is 17.6 Å². The van der Waals surface area contributed by atoms with E-state index in [1.807, 2.05) is 26.8 Å². The topological polar surface area (TPSA) is 157 Å². The lowest BCUT2D eigenvalue weighted by molar-refractivity contribution is -0.121. The second-order valence-electron chi connectivity index (χ2n) is 8.10. The van der Waals surface area contributed by atoms with Crippen LogP contribution in [0.2, 0.25) is 0 Å². The monoisotopic (exact) mass is 437 g/mol. The van der Waals surface area contributed by atoms with Crippen molar-refractivity contribution in [3.05, 3.63) is 23.4 Å². The van der Waals surface area contributed by atoms with Gasteiger partial charge in [0.2, 0.25) is 5.91 Å². The molecule has 0 spiro atoms. The van der Waals surface area contributed by atoms with Crippen LogP contribution in [0.15, 0.2) is 23.4 Å². The summed E-state index contributed by atoms with van der Waals surface area (Å²) in [4.78, 5) is 47.6. The fourth-order valence-electron chi connectivity index (χ4n) is 3.16. The van der Waals surface area contributed by atoms with Gasteiger partial charge in [-0.15, -0.1) is 0 Å². The van der Waals surface area contributed by atoms with Crippen LogP contribution in [0.5, 0.6) is 0 Å². The van der Waals surface area contributed by atoms with E-state index in [4.69, 9.17) is 16.2 Å². The molecule has 0 fully saturated rings. The van der Waals surface area contributed by atoms with Gasteiger partial charge in [0.15, 0.2) is 0 Å². The highest BCUT2D eigenvalue weighted by Gasteiger charge is 2.25. The number of likely N-dealkylation sites (N-methyl/N-ethyl adjacent to an activating group) is 1. The van der Waals surface area contributed by atoms with Gasteiger partial charge in [-0.3, -0.25) is 4.79 Å². The summed E-state index contributed by atoms with van der Waals surface area (Å²) in [6, 6.07) is -1.84. The molecule has 0 aliphatic heterocycles. The van der Waals surface area contributed by atoms with E-state index in [-0.39, 0.29) is 24.3 Å². The Hall–Kier alpha value is -2.88. The van der Waals surface area contributed by atoms with Crippen molar-refractivity contribution in [1.82, 2.24) is 15.5 Å². The van der Waals surface area contributed by atoms with Gasteiger partial charge in [-0.25, -0.2) is 9.59 Å². The molecule has 0 saturated heterocycles. The summed E-state index contributed by atoms with van der Waals surface area (Å²) < 4.78 is 5.36. The molecule has 3 atom stereocenters. The third-order valence-corrected chi connectivity index (χ3v) is 5.19. The van der Waals surface area contributed by atoms with Crippen LogP contribution < -0.4 is 22.1 Å². The highest BCUT2D eigenvalue weighted by atomic mass is 16.6. The van der Waals surface area contributed by atoms with Gasteiger partial charge >= 0.3 is 12.1 Å². The third kappa shape index (κ3) is 8.79. The molecule has 0 radical (unpaired) electrons. The van der Waals surface area contributed by atoms with Crippen molar-refractivity contribution in [2.24, 2.45) is 23.3 Å².